The fourth-order valence-corrected chi connectivity index (χ4v) is 3.34. The molecule has 1 aromatic carbocycles. The van der Waals surface area contributed by atoms with Gasteiger partial charge in [0.25, 0.3) is 0 Å². The van der Waals surface area contributed by atoms with Crippen LogP contribution in [0.15, 0.2) is 34.9 Å². The Bertz CT molecular complexity index is 627. The lowest BCUT2D eigenvalue weighted by molar-refractivity contribution is -0.126. The average Bonchev–Trinajstić information content (AvgIpc) is 2.98. The summed E-state index contributed by atoms with van der Waals surface area (Å²) < 4.78 is 5.53. The first-order chi connectivity index (χ1) is 10.8. The summed E-state index contributed by atoms with van der Waals surface area (Å²) in [5.41, 5.74) is 2.07. The van der Waals surface area contributed by atoms with Crippen LogP contribution in [0.25, 0.3) is 11.0 Å². The molecule has 0 unspecified atom stereocenters. The van der Waals surface area contributed by atoms with Gasteiger partial charge < -0.3 is 15.1 Å². The second-order valence-electron chi connectivity index (χ2n) is 6.14. The van der Waals surface area contributed by atoms with Gasteiger partial charge in [0.15, 0.2) is 0 Å². The second-order valence-corrected chi connectivity index (χ2v) is 6.14. The Labute approximate surface area is 131 Å². The maximum Gasteiger partial charge on any atom is 0.223 e. The quantitative estimate of drug-likeness (QED) is 0.893. The summed E-state index contributed by atoms with van der Waals surface area (Å²) in [6.07, 6.45) is 6.80. The normalized spacial score (nSPS) is 21.9. The second kappa shape index (κ2) is 6.97. The topological polar surface area (TPSA) is 54.3 Å². The molecule has 22 heavy (non-hydrogen) atoms. The monoisotopic (exact) mass is 300 g/mol. The largest absolute Gasteiger partial charge is 0.464 e. The highest BCUT2D eigenvalue weighted by Crippen LogP contribution is 2.24. The van der Waals surface area contributed by atoms with Crippen LogP contribution >= 0.6 is 0 Å². The van der Waals surface area contributed by atoms with Crippen molar-refractivity contribution >= 4 is 16.9 Å². The van der Waals surface area contributed by atoms with Crippen molar-refractivity contribution in [2.45, 2.75) is 38.1 Å². The fraction of sp³-hybridized carbons (Fsp3) is 0.500. The fourth-order valence-electron chi connectivity index (χ4n) is 3.34. The molecule has 4 heteroatoms. The summed E-state index contributed by atoms with van der Waals surface area (Å²) in [5.74, 6) is 0.396. The van der Waals surface area contributed by atoms with E-state index in [4.69, 9.17) is 4.42 Å². The summed E-state index contributed by atoms with van der Waals surface area (Å²) >= 11 is 0. The van der Waals surface area contributed by atoms with Gasteiger partial charge in [0, 0.05) is 23.9 Å². The van der Waals surface area contributed by atoms with E-state index in [9.17, 15) is 4.79 Å². The van der Waals surface area contributed by atoms with Crippen molar-refractivity contribution in [1.29, 1.82) is 0 Å². The third-order valence-electron chi connectivity index (χ3n) is 4.76. The predicted octanol–water partition coefficient (Wildman–Crippen LogP) is 2.87. The molecule has 2 aromatic rings. The summed E-state index contributed by atoms with van der Waals surface area (Å²) in [7, 11) is 2.00. The standard InChI is InChI=1S/C18H24N2O2/c1-19-15-8-6-13(7-9-15)18(21)20-11-10-14-12-22-17-5-3-2-4-16(14)17/h2-5,12-13,15,19H,6-11H2,1H3,(H,20,21). The highest BCUT2D eigenvalue weighted by Gasteiger charge is 2.25. The van der Waals surface area contributed by atoms with E-state index in [1.807, 2.05) is 25.2 Å². The van der Waals surface area contributed by atoms with E-state index in [1.165, 1.54) is 0 Å². The van der Waals surface area contributed by atoms with Gasteiger partial charge in [-0.25, -0.2) is 0 Å². The lowest BCUT2D eigenvalue weighted by atomic mass is 9.85. The van der Waals surface area contributed by atoms with E-state index >= 15 is 0 Å². The van der Waals surface area contributed by atoms with Gasteiger partial charge in [0.05, 0.1) is 6.26 Å². The van der Waals surface area contributed by atoms with Crippen molar-refractivity contribution < 1.29 is 9.21 Å². The van der Waals surface area contributed by atoms with Crippen LogP contribution in [0.5, 0.6) is 0 Å². The number of carbonyl (C=O) groups excluding carboxylic acids is 1. The minimum absolute atomic E-state index is 0.186. The molecule has 1 aliphatic rings. The van der Waals surface area contributed by atoms with Gasteiger partial charge in [-0.05, 0) is 50.8 Å². The van der Waals surface area contributed by atoms with Gasteiger partial charge >= 0.3 is 0 Å². The molecule has 1 saturated carbocycles. The Hall–Kier alpha value is -1.81. The lowest BCUT2D eigenvalue weighted by Gasteiger charge is -2.27. The molecule has 1 heterocycles. The molecule has 0 atom stereocenters. The first-order valence-corrected chi connectivity index (χ1v) is 8.18. The Kier molecular flexibility index (Phi) is 4.78. The third kappa shape index (κ3) is 3.33. The zero-order chi connectivity index (χ0) is 15.4. The number of hydrogen-bond donors (Lipinski definition) is 2. The van der Waals surface area contributed by atoms with Crippen LogP contribution in [0.3, 0.4) is 0 Å². The maximum atomic E-state index is 12.2. The van der Waals surface area contributed by atoms with E-state index in [-0.39, 0.29) is 11.8 Å². The van der Waals surface area contributed by atoms with Crippen LogP contribution in [0.4, 0.5) is 0 Å². The number of furan rings is 1. The van der Waals surface area contributed by atoms with Crippen molar-refractivity contribution in [2.75, 3.05) is 13.6 Å². The zero-order valence-electron chi connectivity index (χ0n) is 13.1. The van der Waals surface area contributed by atoms with Crippen molar-refractivity contribution in [3.63, 3.8) is 0 Å². The molecule has 1 aliphatic carbocycles. The third-order valence-corrected chi connectivity index (χ3v) is 4.76. The Balaban J connectivity index is 1.48. The molecule has 0 spiro atoms. The van der Waals surface area contributed by atoms with Gasteiger partial charge in [-0.3, -0.25) is 4.79 Å². The van der Waals surface area contributed by atoms with Gasteiger partial charge in [-0.15, -0.1) is 0 Å². The maximum absolute atomic E-state index is 12.2. The van der Waals surface area contributed by atoms with Crippen molar-refractivity contribution in [3.8, 4) is 0 Å². The smallest absolute Gasteiger partial charge is 0.223 e. The van der Waals surface area contributed by atoms with Gasteiger partial charge in [0.1, 0.15) is 5.58 Å². The number of rotatable bonds is 5. The Morgan fingerprint density at radius 3 is 2.77 bits per heavy atom. The number of fused-ring (bicyclic) bond motifs is 1. The number of nitrogens with one attached hydrogen (secondary N) is 2. The molecule has 0 radical (unpaired) electrons. The van der Waals surface area contributed by atoms with Crippen molar-refractivity contribution in [2.24, 2.45) is 5.92 Å². The highest BCUT2D eigenvalue weighted by molar-refractivity contribution is 5.81. The molecule has 2 N–H and O–H groups in total. The van der Waals surface area contributed by atoms with Crippen molar-refractivity contribution in [3.05, 3.63) is 36.1 Å². The molecule has 0 bridgehead atoms. The zero-order valence-corrected chi connectivity index (χ0v) is 13.1. The summed E-state index contributed by atoms with van der Waals surface area (Å²) in [5, 5.41) is 7.53. The van der Waals surface area contributed by atoms with Crippen LogP contribution in [-0.2, 0) is 11.2 Å². The van der Waals surface area contributed by atoms with Gasteiger partial charge in [-0.2, -0.15) is 0 Å². The number of amides is 1. The van der Waals surface area contributed by atoms with E-state index < -0.39 is 0 Å². The predicted molar refractivity (Wildman–Crippen MR) is 87.7 cm³/mol. The molecule has 0 saturated heterocycles. The van der Waals surface area contributed by atoms with Gasteiger partial charge in [0.2, 0.25) is 5.91 Å². The molecule has 4 nitrogen and oxygen atoms in total. The number of benzene rings is 1. The van der Waals surface area contributed by atoms with Crippen molar-refractivity contribution in [1.82, 2.24) is 10.6 Å². The van der Waals surface area contributed by atoms with Crippen LogP contribution in [0, 0.1) is 5.92 Å². The minimum Gasteiger partial charge on any atom is -0.464 e. The molecule has 1 fully saturated rings. The molecule has 3 rings (SSSR count). The Morgan fingerprint density at radius 2 is 2.00 bits per heavy atom. The van der Waals surface area contributed by atoms with Crippen LogP contribution < -0.4 is 10.6 Å². The molecule has 1 amide bonds. The van der Waals surface area contributed by atoms with E-state index in [0.29, 0.717) is 12.6 Å². The lowest BCUT2D eigenvalue weighted by Crippen LogP contribution is -2.38. The molecule has 118 valence electrons. The number of hydrogen-bond acceptors (Lipinski definition) is 3. The SMILES string of the molecule is CNC1CCC(C(=O)NCCc2coc3ccccc23)CC1. The Morgan fingerprint density at radius 1 is 1.23 bits per heavy atom. The molecule has 0 aliphatic heterocycles. The molecular weight excluding hydrogens is 276 g/mol. The van der Waals surface area contributed by atoms with E-state index in [0.717, 1.165) is 48.6 Å². The van der Waals surface area contributed by atoms with Gasteiger partial charge in [-0.1, -0.05) is 18.2 Å². The van der Waals surface area contributed by atoms with E-state index in [1.54, 1.807) is 6.26 Å². The summed E-state index contributed by atoms with van der Waals surface area (Å²) in [6.45, 7) is 0.675. The average molecular weight is 300 g/mol. The van der Waals surface area contributed by atoms with E-state index in [2.05, 4.69) is 16.7 Å². The first kappa shape index (κ1) is 15.1. The van der Waals surface area contributed by atoms with Crippen LogP contribution in [-0.4, -0.2) is 25.5 Å². The number of carbonyl (C=O) groups is 1. The molecule has 1 aromatic heterocycles. The van der Waals surface area contributed by atoms with Crippen LogP contribution in [0.1, 0.15) is 31.2 Å². The van der Waals surface area contributed by atoms with Crippen LogP contribution in [0.2, 0.25) is 0 Å². The number of para-hydroxylation sites is 1. The minimum atomic E-state index is 0.186. The molecular formula is C18H24N2O2. The highest BCUT2D eigenvalue weighted by atomic mass is 16.3. The first-order valence-electron chi connectivity index (χ1n) is 8.18. The summed E-state index contributed by atoms with van der Waals surface area (Å²) in [6, 6.07) is 8.60. The summed E-state index contributed by atoms with van der Waals surface area (Å²) in [4.78, 5) is 12.2.